The average molecular weight is 379 g/mol. The third kappa shape index (κ3) is 4.42. The van der Waals surface area contributed by atoms with Gasteiger partial charge in [-0.3, -0.25) is 9.69 Å². The topological polar surface area (TPSA) is 54.5 Å². The Morgan fingerprint density at radius 3 is 2.63 bits per heavy atom. The summed E-state index contributed by atoms with van der Waals surface area (Å²) in [6.07, 6.45) is 0. The number of benzene rings is 2. The summed E-state index contributed by atoms with van der Waals surface area (Å²) in [7, 11) is 0. The van der Waals surface area contributed by atoms with E-state index >= 15 is 0 Å². The SMILES string of the molecule is O=C(Nc1ccccc1CN1CCOCC1)c1csc(-c2ccccc2)n1. The molecular weight excluding hydrogens is 358 g/mol. The zero-order valence-electron chi connectivity index (χ0n) is 14.9. The number of rotatable bonds is 5. The van der Waals surface area contributed by atoms with Crippen LogP contribution in [0.2, 0.25) is 0 Å². The number of para-hydroxylation sites is 1. The monoisotopic (exact) mass is 379 g/mol. The molecule has 0 spiro atoms. The number of morpholine rings is 1. The third-order valence-electron chi connectivity index (χ3n) is 4.52. The molecule has 0 saturated carbocycles. The molecule has 1 aliphatic rings. The van der Waals surface area contributed by atoms with E-state index in [1.165, 1.54) is 11.3 Å². The van der Waals surface area contributed by atoms with Crippen LogP contribution in [0.3, 0.4) is 0 Å². The van der Waals surface area contributed by atoms with Crippen molar-refractivity contribution < 1.29 is 9.53 Å². The number of hydrogen-bond acceptors (Lipinski definition) is 5. The van der Waals surface area contributed by atoms with E-state index in [0.29, 0.717) is 5.69 Å². The normalized spacial score (nSPS) is 14.8. The van der Waals surface area contributed by atoms with E-state index in [1.807, 2.05) is 53.9 Å². The van der Waals surface area contributed by atoms with Crippen molar-refractivity contribution in [3.05, 3.63) is 71.2 Å². The van der Waals surface area contributed by atoms with Gasteiger partial charge in [0, 0.05) is 36.3 Å². The van der Waals surface area contributed by atoms with E-state index in [4.69, 9.17) is 4.74 Å². The maximum Gasteiger partial charge on any atom is 0.275 e. The van der Waals surface area contributed by atoms with Crippen molar-refractivity contribution >= 4 is 22.9 Å². The second-order valence-electron chi connectivity index (χ2n) is 6.40. The minimum atomic E-state index is -0.178. The number of nitrogens with one attached hydrogen (secondary N) is 1. The maximum atomic E-state index is 12.7. The highest BCUT2D eigenvalue weighted by Gasteiger charge is 2.16. The molecule has 0 unspecified atom stereocenters. The fourth-order valence-corrected chi connectivity index (χ4v) is 3.86. The molecule has 4 rings (SSSR count). The lowest BCUT2D eigenvalue weighted by molar-refractivity contribution is 0.0342. The van der Waals surface area contributed by atoms with Crippen molar-refractivity contribution in [3.63, 3.8) is 0 Å². The quantitative estimate of drug-likeness (QED) is 0.731. The number of carbonyl (C=O) groups is 1. The lowest BCUT2D eigenvalue weighted by atomic mass is 10.1. The highest BCUT2D eigenvalue weighted by molar-refractivity contribution is 7.13. The summed E-state index contributed by atoms with van der Waals surface area (Å²) < 4.78 is 5.41. The van der Waals surface area contributed by atoms with E-state index in [2.05, 4.69) is 21.3 Å². The first-order valence-electron chi connectivity index (χ1n) is 9.00. The number of hydrogen-bond donors (Lipinski definition) is 1. The van der Waals surface area contributed by atoms with Crippen LogP contribution in [0.4, 0.5) is 5.69 Å². The van der Waals surface area contributed by atoms with Crippen LogP contribution in [0.25, 0.3) is 10.6 Å². The first-order chi connectivity index (χ1) is 13.3. The summed E-state index contributed by atoms with van der Waals surface area (Å²) in [6.45, 7) is 4.14. The Morgan fingerprint density at radius 1 is 1.07 bits per heavy atom. The van der Waals surface area contributed by atoms with Crippen molar-refractivity contribution in [2.45, 2.75) is 6.54 Å². The molecule has 1 amide bonds. The van der Waals surface area contributed by atoms with Crippen LogP contribution in [-0.2, 0) is 11.3 Å². The first-order valence-corrected chi connectivity index (χ1v) is 9.88. The molecule has 2 aromatic carbocycles. The summed E-state index contributed by atoms with van der Waals surface area (Å²) in [5.74, 6) is -0.178. The number of nitrogens with zero attached hydrogens (tertiary/aromatic N) is 2. The maximum absolute atomic E-state index is 12.7. The van der Waals surface area contributed by atoms with E-state index < -0.39 is 0 Å². The Hall–Kier alpha value is -2.54. The van der Waals surface area contributed by atoms with Gasteiger partial charge in [-0.25, -0.2) is 4.98 Å². The van der Waals surface area contributed by atoms with Gasteiger partial charge in [-0.15, -0.1) is 11.3 Å². The van der Waals surface area contributed by atoms with Crippen molar-refractivity contribution in [2.75, 3.05) is 31.6 Å². The average Bonchev–Trinajstić information content (AvgIpc) is 3.21. The van der Waals surface area contributed by atoms with Gasteiger partial charge in [0.1, 0.15) is 10.7 Å². The van der Waals surface area contributed by atoms with Gasteiger partial charge >= 0.3 is 0 Å². The van der Waals surface area contributed by atoms with Crippen LogP contribution in [0.15, 0.2) is 60.0 Å². The molecule has 1 aromatic heterocycles. The molecule has 1 fully saturated rings. The molecule has 2 heterocycles. The minimum Gasteiger partial charge on any atom is -0.379 e. The van der Waals surface area contributed by atoms with E-state index in [0.717, 1.165) is 54.7 Å². The Labute approximate surface area is 162 Å². The molecule has 5 nitrogen and oxygen atoms in total. The smallest absolute Gasteiger partial charge is 0.275 e. The summed E-state index contributed by atoms with van der Waals surface area (Å²) in [5.41, 5.74) is 3.41. The molecule has 0 aliphatic carbocycles. The summed E-state index contributed by atoms with van der Waals surface area (Å²) in [5, 5.41) is 5.69. The molecule has 0 radical (unpaired) electrons. The first kappa shape index (κ1) is 17.9. The molecular formula is C21H21N3O2S. The van der Waals surface area contributed by atoms with Crippen LogP contribution in [-0.4, -0.2) is 42.1 Å². The van der Waals surface area contributed by atoms with Crippen LogP contribution in [0, 0.1) is 0 Å². The van der Waals surface area contributed by atoms with Gasteiger partial charge in [0.2, 0.25) is 0 Å². The molecule has 3 aromatic rings. The van der Waals surface area contributed by atoms with Gasteiger partial charge < -0.3 is 10.1 Å². The van der Waals surface area contributed by atoms with E-state index in [9.17, 15) is 4.79 Å². The van der Waals surface area contributed by atoms with E-state index in [1.54, 1.807) is 0 Å². The van der Waals surface area contributed by atoms with Crippen LogP contribution in [0.5, 0.6) is 0 Å². The van der Waals surface area contributed by atoms with Crippen molar-refractivity contribution in [1.82, 2.24) is 9.88 Å². The molecule has 1 saturated heterocycles. The van der Waals surface area contributed by atoms with E-state index in [-0.39, 0.29) is 5.91 Å². The fraction of sp³-hybridized carbons (Fsp3) is 0.238. The lowest BCUT2D eigenvalue weighted by Gasteiger charge is -2.27. The lowest BCUT2D eigenvalue weighted by Crippen LogP contribution is -2.35. The van der Waals surface area contributed by atoms with Gasteiger partial charge in [0.05, 0.1) is 13.2 Å². The number of thiazole rings is 1. The highest BCUT2D eigenvalue weighted by atomic mass is 32.1. The fourth-order valence-electron chi connectivity index (χ4n) is 3.06. The molecule has 0 bridgehead atoms. The van der Waals surface area contributed by atoms with Crippen LogP contribution in [0.1, 0.15) is 16.1 Å². The van der Waals surface area contributed by atoms with Crippen LogP contribution < -0.4 is 5.32 Å². The zero-order valence-corrected chi connectivity index (χ0v) is 15.7. The van der Waals surface area contributed by atoms with Gasteiger partial charge in [-0.1, -0.05) is 48.5 Å². The second kappa shape index (κ2) is 8.43. The van der Waals surface area contributed by atoms with Gasteiger partial charge in [0.15, 0.2) is 0 Å². The Kier molecular flexibility index (Phi) is 5.58. The largest absolute Gasteiger partial charge is 0.379 e. The number of aromatic nitrogens is 1. The molecule has 6 heteroatoms. The summed E-state index contributed by atoms with van der Waals surface area (Å²) >= 11 is 1.48. The zero-order chi connectivity index (χ0) is 18.5. The predicted molar refractivity (Wildman–Crippen MR) is 108 cm³/mol. The Morgan fingerprint density at radius 2 is 1.81 bits per heavy atom. The Bertz CT molecular complexity index is 905. The van der Waals surface area contributed by atoms with Crippen molar-refractivity contribution in [3.8, 4) is 10.6 Å². The highest BCUT2D eigenvalue weighted by Crippen LogP contribution is 2.24. The summed E-state index contributed by atoms with van der Waals surface area (Å²) in [4.78, 5) is 19.5. The molecule has 138 valence electrons. The van der Waals surface area contributed by atoms with Crippen molar-refractivity contribution in [1.29, 1.82) is 0 Å². The third-order valence-corrected chi connectivity index (χ3v) is 5.41. The molecule has 0 atom stereocenters. The molecule has 1 aliphatic heterocycles. The standard InChI is InChI=1S/C21H21N3O2S/c25-20(19-15-27-21(23-19)16-6-2-1-3-7-16)22-18-9-5-4-8-17(18)14-24-10-12-26-13-11-24/h1-9,15H,10-14H2,(H,22,25). The van der Waals surface area contributed by atoms with Crippen LogP contribution >= 0.6 is 11.3 Å². The molecule has 1 N–H and O–H groups in total. The molecule has 27 heavy (non-hydrogen) atoms. The number of amides is 1. The Balaban J connectivity index is 1.48. The number of carbonyl (C=O) groups excluding carboxylic acids is 1. The second-order valence-corrected chi connectivity index (χ2v) is 7.26. The van der Waals surface area contributed by atoms with Gasteiger partial charge in [-0.2, -0.15) is 0 Å². The van der Waals surface area contributed by atoms with Crippen molar-refractivity contribution in [2.24, 2.45) is 0 Å². The minimum absolute atomic E-state index is 0.178. The number of anilines is 1. The number of ether oxygens (including phenoxy) is 1. The van der Waals surface area contributed by atoms with Gasteiger partial charge in [-0.05, 0) is 11.6 Å². The van der Waals surface area contributed by atoms with Gasteiger partial charge in [0.25, 0.3) is 5.91 Å². The predicted octanol–water partition coefficient (Wildman–Crippen LogP) is 3.89. The summed E-state index contributed by atoms with van der Waals surface area (Å²) in [6, 6.07) is 17.8.